The summed E-state index contributed by atoms with van der Waals surface area (Å²) < 4.78 is 0. The molecule has 0 aromatic heterocycles. The van der Waals surface area contributed by atoms with E-state index in [9.17, 15) is 9.90 Å². The van der Waals surface area contributed by atoms with E-state index in [0.29, 0.717) is 5.92 Å². The standard InChI is InChI=1S/C13H20O2/c1-9-5-3-7-13(11(9)12(14)15)8-4-6-10(13)2/h5,10-11H,3-4,6-8H2,1-2H3,(H,14,15). The molecule has 0 aromatic carbocycles. The van der Waals surface area contributed by atoms with E-state index in [1.165, 1.54) is 12.8 Å². The van der Waals surface area contributed by atoms with E-state index >= 15 is 0 Å². The van der Waals surface area contributed by atoms with Crippen LogP contribution in [0.1, 0.15) is 46.0 Å². The summed E-state index contributed by atoms with van der Waals surface area (Å²) in [5, 5.41) is 9.41. The first-order valence-electron chi connectivity index (χ1n) is 5.97. The van der Waals surface area contributed by atoms with Crippen LogP contribution in [0.5, 0.6) is 0 Å². The third kappa shape index (κ3) is 1.51. The van der Waals surface area contributed by atoms with E-state index in [1.807, 2.05) is 6.92 Å². The van der Waals surface area contributed by atoms with Gasteiger partial charge in [0, 0.05) is 0 Å². The molecule has 2 rings (SSSR count). The Morgan fingerprint density at radius 1 is 1.53 bits per heavy atom. The second-order valence-electron chi connectivity index (χ2n) is 5.28. The molecule has 0 heterocycles. The van der Waals surface area contributed by atoms with Gasteiger partial charge in [0.1, 0.15) is 0 Å². The highest BCUT2D eigenvalue weighted by molar-refractivity contribution is 5.75. The first-order valence-corrected chi connectivity index (χ1v) is 5.97. The summed E-state index contributed by atoms with van der Waals surface area (Å²) >= 11 is 0. The molecule has 1 N–H and O–H groups in total. The Morgan fingerprint density at radius 2 is 2.27 bits per heavy atom. The SMILES string of the molecule is CC1=CCCC2(CCCC2C)C1C(=O)O. The average molecular weight is 208 g/mol. The smallest absolute Gasteiger partial charge is 0.311 e. The molecule has 3 atom stereocenters. The van der Waals surface area contributed by atoms with Crippen LogP contribution in [-0.4, -0.2) is 11.1 Å². The van der Waals surface area contributed by atoms with Gasteiger partial charge in [-0.05, 0) is 37.5 Å². The van der Waals surface area contributed by atoms with Crippen molar-refractivity contribution >= 4 is 5.97 Å². The van der Waals surface area contributed by atoms with Crippen LogP contribution in [0.25, 0.3) is 0 Å². The molecule has 0 amide bonds. The molecule has 1 saturated carbocycles. The molecule has 1 spiro atoms. The lowest BCUT2D eigenvalue weighted by atomic mass is 9.61. The van der Waals surface area contributed by atoms with Crippen LogP contribution in [0, 0.1) is 17.3 Å². The number of rotatable bonds is 1. The number of hydrogen-bond acceptors (Lipinski definition) is 1. The van der Waals surface area contributed by atoms with Gasteiger partial charge in [0.25, 0.3) is 0 Å². The quantitative estimate of drug-likeness (QED) is 0.672. The van der Waals surface area contributed by atoms with Crippen molar-refractivity contribution < 1.29 is 9.90 Å². The predicted molar refractivity (Wildman–Crippen MR) is 59.6 cm³/mol. The topological polar surface area (TPSA) is 37.3 Å². The second-order valence-corrected chi connectivity index (χ2v) is 5.28. The third-order valence-corrected chi connectivity index (χ3v) is 4.61. The van der Waals surface area contributed by atoms with Crippen LogP contribution in [0.2, 0.25) is 0 Å². The van der Waals surface area contributed by atoms with Gasteiger partial charge in [-0.15, -0.1) is 0 Å². The lowest BCUT2D eigenvalue weighted by Gasteiger charge is -2.42. The minimum absolute atomic E-state index is 0.0741. The fraction of sp³-hybridized carbons (Fsp3) is 0.769. The zero-order valence-corrected chi connectivity index (χ0v) is 9.62. The molecule has 1 fully saturated rings. The Balaban J connectivity index is 2.38. The van der Waals surface area contributed by atoms with Gasteiger partial charge in [-0.3, -0.25) is 4.79 Å². The van der Waals surface area contributed by atoms with Gasteiger partial charge in [0.05, 0.1) is 5.92 Å². The molecular formula is C13H20O2. The number of allylic oxidation sites excluding steroid dienone is 1. The number of carboxylic acid groups (broad SMARTS) is 1. The van der Waals surface area contributed by atoms with Gasteiger partial charge in [-0.1, -0.05) is 31.4 Å². The van der Waals surface area contributed by atoms with Gasteiger partial charge in [-0.2, -0.15) is 0 Å². The van der Waals surface area contributed by atoms with Crippen molar-refractivity contribution in [2.45, 2.75) is 46.0 Å². The van der Waals surface area contributed by atoms with Crippen molar-refractivity contribution in [2.24, 2.45) is 17.3 Å². The zero-order chi connectivity index (χ0) is 11.1. The van der Waals surface area contributed by atoms with E-state index in [1.54, 1.807) is 0 Å². The molecule has 2 aliphatic carbocycles. The molecule has 15 heavy (non-hydrogen) atoms. The van der Waals surface area contributed by atoms with E-state index in [0.717, 1.165) is 24.8 Å². The largest absolute Gasteiger partial charge is 0.481 e. The Bertz CT molecular complexity index is 306. The van der Waals surface area contributed by atoms with Crippen molar-refractivity contribution in [3.63, 3.8) is 0 Å². The maximum absolute atomic E-state index is 11.4. The van der Waals surface area contributed by atoms with Crippen molar-refractivity contribution in [3.8, 4) is 0 Å². The van der Waals surface area contributed by atoms with Crippen LogP contribution in [0.3, 0.4) is 0 Å². The molecule has 0 bridgehead atoms. The minimum Gasteiger partial charge on any atom is -0.481 e. The molecule has 0 aromatic rings. The van der Waals surface area contributed by atoms with Crippen LogP contribution < -0.4 is 0 Å². The first-order chi connectivity index (χ1) is 7.08. The average Bonchev–Trinajstić information content (AvgIpc) is 2.48. The summed E-state index contributed by atoms with van der Waals surface area (Å²) in [5.74, 6) is -0.261. The Hall–Kier alpha value is -0.790. The highest BCUT2D eigenvalue weighted by Gasteiger charge is 2.50. The molecule has 2 aliphatic rings. The molecule has 2 nitrogen and oxygen atoms in total. The Kier molecular flexibility index (Phi) is 2.61. The highest BCUT2D eigenvalue weighted by Crippen LogP contribution is 2.55. The molecule has 0 radical (unpaired) electrons. The minimum atomic E-state index is -0.614. The number of carbonyl (C=O) groups is 1. The number of aliphatic carboxylic acids is 1. The zero-order valence-electron chi connectivity index (χ0n) is 9.62. The van der Waals surface area contributed by atoms with Gasteiger partial charge in [0.15, 0.2) is 0 Å². The monoisotopic (exact) mass is 208 g/mol. The number of hydrogen-bond donors (Lipinski definition) is 1. The van der Waals surface area contributed by atoms with Crippen LogP contribution in [0.15, 0.2) is 11.6 Å². The Labute approximate surface area is 91.4 Å². The van der Waals surface area contributed by atoms with Crippen molar-refractivity contribution in [1.29, 1.82) is 0 Å². The fourth-order valence-electron chi connectivity index (χ4n) is 3.80. The highest BCUT2D eigenvalue weighted by atomic mass is 16.4. The van der Waals surface area contributed by atoms with Crippen LogP contribution in [-0.2, 0) is 4.79 Å². The van der Waals surface area contributed by atoms with Gasteiger partial charge < -0.3 is 5.11 Å². The summed E-state index contributed by atoms with van der Waals surface area (Å²) in [4.78, 5) is 11.4. The lowest BCUT2D eigenvalue weighted by Crippen LogP contribution is -2.40. The van der Waals surface area contributed by atoms with Crippen LogP contribution >= 0.6 is 0 Å². The molecule has 3 unspecified atom stereocenters. The van der Waals surface area contributed by atoms with Crippen molar-refractivity contribution in [3.05, 3.63) is 11.6 Å². The fourth-order valence-corrected chi connectivity index (χ4v) is 3.80. The predicted octanol–water partition coefficient (Wildman–Crippen LogP) is 3.23. The van der Waals surface area contributed by atoms with Gasteiger partial charge in [0.2, 0.25) is 0 Å². The summed E-state index contributed by atoms with van der Waals surface area (Å²) in [7, 11) is 0. The third-order valence-electron chi connectivity index (χ3n) is 4.61. The summed E-state index contributed by atoms with van der Waals surface area (Å²) in [6.45, 7) is 4.23. The first kappa shape index (κ1) is 10.7. The number of carboxylic acids is 1. The summed E-state index contributed by atoms with van der Waals surface area (Å²) in [6.07, 6.45) is 7.78. The molecule has 2 heteroatoms. The maximum Gasteiger partial charge on any atom is 0.311 e. The summed E-state index contributed by atoms with van der Waals surface area (Å²) in [5.41, 5.74) is 1.16. The Morgan fingerprint density at radius 3 is 2.80 bits per heavy atom. The second kappa shape index (κ2) is 3.66. The normalized spacial score (nSPS) is 40.5. The summed E-state index contributed by atoms with van der Waals surface area (Å²) in [6, 6.07) is 0. The molecule has 0 aliphatic heterocycles. The lowest BCUT2D eigenvalue weighted by molar-refractivity contribution is -0.146. The van der Waals surface area contributed by atoms with Crippen LogP contribution in [0.4, 0.5) is 0 Å². The van der Waals surface area contributed by atoms with E-state index in [-0.39, 0.29) is 11.3 Å². The van der Waals surface area contributed by atoms with Crippen molar-refractivity contribution in [2.75, 3.05) is 0 Å². The molecule has 84 valence electrons. The molecule has 0 saturated heterocycles. The maximum atomic E-state index is 11.4. The van der Waals surface area contributed by atoms with E-state index in [2.05, 4.69) is 13.0 Å². The van der Waals surface area contributed by atoms with E-state index in [4.69, 9.17) is 0 Å². The van der Waals surface area contributed by atoms with Crippen molar-refractivity contribution in [1.82, 2.24) is 0 Å². The van der Waals surface area contributed by atoms with Gasteiger partial charge in [-0.25, -0.2) is 0 Å². The van der Waals surface area contributed by atoms with Gasteiger partial charge >= 0.3 is 5.97 Å². The molecular weight excluding hydrogens is 188 g/mol. The van der Waals surface area contributed by atoms with E-state index < -0.39 is 5.97 Å².